The molecule has 2 aliphatic rings. The molecule has 1 saturated heterocycles. The van der Waals surface area contributed by atoms with Gasteiger partial charge in [0.15, 0.2) is 0 Å². The third-order valence-electron chi connectivity index (χ3n) is 4.02. The van der Waals surface area contributed by atoms with Crippen LogP contribution in [0.15, 0.2) is 0 Å². The van der Waals surface area contributed by atoms with Crippen LogP contribution in [-0.4, -0.2) is 49.8 Å². The molecule has 2 unspecified atom stereocenters. The summed E-state index contributed by atoms with van der Waals surface area (Å²) in [4.78, 5) is 2.58. The van der Waals surface area contributed by atoms with Gasteiger partial charge in [0.1, 0.15) is 0 Å². The van der Waals surface area contributed by atoms with Crippen molar-refractivity contribution in [1.29, 1.82) is 0 Å². The highest BCUT2D eigenvalue weighted by atomic mass is 16.5. The molecule has 3 heteroatoms. The van der Waals surface area contributed by atoms with Crippen molar-refractivity contribution in [1.82, 2.24) is 10.2 Å². The quantitative estimate of drug-likeness (QED) is 0.742. The summed E-state index contributed by atoms with van der Waals surface area (Å²) < 4.78 is 5.52. The van der Waals surface area contributed by atoms with Crippen molar-refractivity contribution in [2.45, 2.75) is 45.2 Å². The number of ether oxygens (including phenoxy) is 1. The number of rotatable bonds is 6. The van der Waals surface area contributed by atoms with Gasteiger partial charge in [-0.25, -0.2) is 0 Å². The molecule has 0 aromatic carbocycles. The van der Waals surface area contributed by atoms with Gasteiger partial charge in [-0.3, -0.25) is 4.90 Å². The molecule has 3 nitrogen and oxygen atoms in total. The summed E-state index contributed by atoms with van der Waals surface area (Å²) in [7, 11) is 0. The Morgan fingerprint density at radius 3 is 2.94 bits per heavy atom. The molecule has 1 heterocycles. The smallest absolute Gasteiger partial charge is 0.0622 e. The van der Waals surface area contributed by atoms with E-state index in [-0.39, 0.29) is 0 Å². The lowest BCUT2D eigenvalue weighted by molar-refractivity contribution is -0.00810. The molecule has 16 heavy (non-hydrogen) atoms. The number of nitrogens with one attached hydrogen (secondary N) is 1. The number of hydrogen-bond acceptors (Lipinski definition) is 3. The molecule has 1 saturated carbocycles. The van der Waals surface area contributed by atoms with E-state index in [0.717, 1.165) is 38.3 Å². The van der Waals surface area contributed by atoms with E-state index >= 15 is 0 Å². The lowest BCUT2D eigenvalue weighted by atomic mass is 10.1. The van der Waals surface area contributed by atoms with E-state index < -0.39 is 0 Å². The normalized spacial score (nSPS) is 29.2. The Morgan fingerprint density at radius 1 is 1.44 bits per heavy atom. The maximum atomic E-state index is 5.52. The van der Waals surface area contributed by atoms with Crippen LogP contribution in [0.2, 0.25) is 0 Å². The molecular formula is C13H26N2O. The summed E-state index contributed by atoms with van der Waals surface area (Å²) >= 11 is 0. The van der Waals surface area contributed by atoms with Gasteiger partial charge >= 0.3 is 0 Å². The van der Waals surface area contributed by atoms with Crippen molar-refractivity contribution in [2.75, 3.05) is 32.8 Å². The Kier molecular flexibility index (Phi) is 4.62. The first-order valence-corrected chi connectivity index (χ1v) is 6.86. The summed E-state index contributed by atoms with van der Waals surface area (Å²) in [5, 5.41) is 3.65. The van der Waals surface area contributed by atoms with Gasteiger partial charge in [0.25, 0.3) is 0 Å². The topological polar surface area (TPSA) is 24.5 Å². The molecule has 0 spiro atoms. The molecule has 2 rings (SSSR count). The van der Waals surface area contributed by atoms with Crippen LogP contribution in [0.3, 0.4) is 0 Å². The molecule has 1 aliphatic heterocycles. The fourth-order valence-corrected chi connectivity index (χ4v) is 2.56. The van der Waals surface area contributed by atoms with Crippen LogP contribution in [0, 0.1) is 5.92 Å². The Balaban J connectivity index is 1.63. The molecule has 94 valence electrons. The summed E-state index contributed by atoms with van der Waals surface area (Å²) in [5.74, 6) is 0.965. The minimum absolute atomic E-state index is 0.645. The number of nitrogens with zero attached hydrogens (tertiary/aromatic N) is 1. The van der Waals surface area contributed by atoms with Crippen LogP contribution in [0.1, 0.15) is 33.1 Å². The van der Waals surface area contributed by atoms with E-state index in [1.165, 1.54) is 25.8 Å². The molecule has 0 bridgehead atoms. The average Bonchev–Trinajstić information content (AvgIpc) is 3.13. The van der Waals surface area contributed by atoms with E-state index in [1.54, 1.807) is 0 Å². The maximum Gasteiger partial charge on any atom is 0.0622 e. The van der Waals surface area contributed by atoms with Gasteiger partial charge in [-0.2, -0.15) is 0 Å². The second-order valence-corrected chi connectivity index (χ2v) is 5.25. The number of morpholine rings is 1. The van der Waals surface area contributed by atoms with E-state index in [2.05, 4.69) is 24.1 Å². The van der Waals surface area contributed by atoms with Crippen molar-refractivity contribution in [3.05, 3.63) is 0 Å². The molecule has 0 radical (unpaired) electrons. The van der Waals surface area contributed by atoms with E-state index in [1.807, 2.05) is 0 Å². The SMILES string of the molecule is CCC1COCCN1CCNC(C)C1CC1. The van der Waals surface area contributed by atoms with Crippen molar-refractivity contribution >= 4 is 0 Å². The Hall–Kier alpha value is -0.120. The van der Waals surface area contributed by atoms with Crippen molar-refractivity contribution in [3.63, 3.8) is 0 Å². The van der Waals surface area contributed by atoms with Crippen molar-refractivity contribution < 1.29 is 4.74 Å². The van der Waals surface area contributed by atoms with Crippen LogP contribution >= 0.6 is 0 Å². The standard InChI is InChI=1S/C13H26N2O/c1-3-13-10-16-9-8-15(13)7-6-14-11(2)12-4-5-12/h11-14H,3-10H2,1-2H3. The Labute approximate surface area is 99.5 Å². The Morgan fingerprint density at radius 2 is 2.25 bits per heavy atom. The summed E-state index contributed by atoms with van der Waals surface area (Å²) in [6.07, 6.45) is 4.07. The van der Waals surface area contributed by atoms with Crippen LogP contribution < -0.4 is 5.32 Å². The highest BCUT2D eigenvalue weighted by Gasteiger charge is 2.27. The first-order chi connectivity index (χ1) is 7.81. The zero-order valence-electron chi connectivity index (χ0n) is 10.7. The average molecular weight is 226 g/mol. The summed E-state index contributed by atoms with van der Waals surface area (Å²) in [6, 6.07) is 1.37. The largest absolute Gasteiger partial charge is 0.378 e. The van der Waals surface area contributed by atoms with Crippen LogP contribution in [0.5, 0.6) is 0 Å². The Bertz CT molecular complexity index is 206. The van der Waals surface area contributed by atoms with Crippen LogP contribution in [-0.2, 0) is 4.74 Å². The minimum atomic E-state index is 0.645. The maximum absolute atomic E-state index is 5.52. The van der Waals surface area contributed by atoms with Gasteiger partial charge in [0, 0.05) is 31.7 Å². The summed E-state index contributed by atoms with van der Waals surface area (Å²) in [5.41, 5.74) is 0. The molecular weight excluding hydrogens is 200 g/mol. The highest BCUT2D eigenvalue weighted by Crippen LogP contribution is 2.32. The third kappa shape index (κ3) is 3.44. The molecule has 0 amide bonds. The van der Waals surface area contributed by atoms with Crippen LogP contribution in [0.25, 0.3) is 0 Å². The second-order valence-electron chi connectivity index (χ2n) is 5.25. The second kappa shape index (κ2) is 5.99. The zero-order valence-corrected chi connectivity index (χ0v) is 10.7. The minimum Gasteiger partial charge on any atom is -0.378 e. The van der Waals surface area contributed by atoms with Gasteiger partial charge in [-0.15, -0.1) is 0 Å². The summed E-state index contributed by atoms with van der Waals surface area (Å²) in [6.45, 7) is 9.84. The third-order valence-corrected chi connectivity index (χ3v) is 4.02. The number of hydrogen-bond donors (Lipinski definition) is 1. The highest BCUT2D eigenvalue weighted by molar-refractivity contribution is 4.83. The molecule has 2 atom stereocenters. The van der Waals surface area contributed by atoms with E-state index in [9.17, 15) is 0 Å². The van der Waals surface area contributed by atoms with Crippen LogP contribution in [0.4, 0.5) is 0 Å². The molecule has 2 fully saturated rings. The fourth-order valence-electron chi connectivity index (χ4n) is 2.56. The molecule has 1 aliphatic carbocycles. The first kappa shape index (κ1) is 12.3. The van der Waals surface area contributed by atoms with Gasteiger partial charge in [-0.1, -0.05) is 6.92 Å². The molecule has 0 aromatic rings. The van der Waals surface area contributed by atoms with Gasteiger partial charge in [0.2, 0.25) is 0 Å². The molecule has 1 N–H and O–H groups in total. The lowest BCUT2D eigenvalue weighted by Gasteiger charge is -2.35. The first-order valence-electron chi connectivity index (χ1n) is 6.86. The predicted molar refractivity (Wildman–Crippen MR) is 66.7 cm³/mol. The van der Waals surface area contributed by atoms with E-state index in [4.69, 9.17) is 4.74 Å². The van der Waals surface area contributed by atoms with Gasteiger partial charge in [0.05, 0.1) is 13.2 Å². The zero-order chi connectivity index (χ0) is 11.4. The van der Waals surface area contributed by atoms with Crippen molar-refractivity contribution in [2.24, 2.45) is 5.92 Å². The lowest BCUT2D eigenvalue weighted by Crippen LogP contribution is -2.48. The predicted octanol–water partition coefficient (Wildman–Crippen LogP) is 1.49. The van der Waals surface area contributed by atoms with E-state index in [0.29, 0.717) is 6.04 Å². The fraction of sp³-hybridized carbons (Fsp3) is 1.00. The molecule has 0 aromatic heterocycles. The monoisotopic (exact) mass is 226 g/mol. The van der Waals surface area contributed by atoms with Gasteiger partial charge < -0.3 is 10.1 Å². The van der Waals surface area contributed by atoms with Gasteiger partial charge in [-0.05, 0) is 32.1 Å². The van der Waals surface area contributed by atoms with Crippen molar-refractivity contribution in [3.8, 4) is 0 Å².